The van der Waals surface area contributed by atoms with E-state index in [1.807, 2.05) is 0 Å². The number of nitrogens with one attached hydrogen (secondary N) is 1. The van der Waals surface area contributed by atoms with Crippen molar-refractivity contribution in [2.24, 2.45) is 0 Å². The van der Waals surface area contributed by atoms with E-state index < -0.39 is 37.0 Å². The number of hydrogen-bond donors (Lipinski definition) is 3. The first-order valence-electron chi connectivity index (χ1n) is 7.49. The molecule has 1 aliphatic heterocycles. The zero-order valence-electron chi connectivity index (χ0n) is 13.7. The molecule has 0 saturated carbocycles. The number of carboxylic acids is 2. The molecule has 0 radical (unpaired) electrons. The second-order valence-electron chi connectivity index (χ2n) is 5.09. The van der Waals surface area contributed by atoms with E-state index in [2.05, 4.69) is 5.32 Å². The molecule has 1 aromatic rings. The van der Waals surface area contributed by atoms with Gasteiger partial charge in [-0.1, -0.05) is 6.07 Å². The van der Waals surface area contributed by atoms with Gasteiger partial charge in [-0.3, -0.25) is 9.59 Å². The molecule has 1 saturated heterocycles. The van der Waals surface area contributed by atoms with Crippen molar-refractivity contribution in [3.05, 3.63) is 29.5 Å². The van der Waals surface area contributed by atoms with Crippen molar-refractivity contribution >= 4 is 30.0 Å². The number of carbonyl (C=O) groups is 4. The van der Waals surface area contributed by atoms with Crippen LogP contribution in [0.1, 0.15) is 12.5 Å². The van der Waals surface area contributed by atoms with Crippen molar-refractivity contribution in [3.8, 4) is 11.5 Å². The lowest BCUT2D eigenvalue weighted by atomic mass is 10.1. The van der Waals surface area contributed by atoms with Crippen LogP contribution >= 0.6 is 0 Å². The fourth-order valence-electron chi connectivity index (χ4n) is 2.16. The molecule has 26 heavy (non-hydrogen) atoms. The quantitative estimate of drug-likeness (QED) is 0.448. The zero-order chi connectivity index (χ0) is 19.3. The monoisotopic (exact) mass is 364 g/mol. The van der Waals surface area contributed by atoms with Gasteiger partial charge in [0.25, 0.3) is 5.91 Å². The molecule has 0 bridgehead atoms. The molecule has 10 heteroatoms. The Morgan fingerprint density at radius 1 is 1.15 bits per heavy atom. The Morgan fingerprint density at radius 2 is 1.88 bits per heavy atom. The van der Waals surface area contributed by atoms with Gasteiger partial charge in [0.2, 0.25) is 0 Å². The van der Waals surface area contributed by atoms with E-state index in [0.29, 0.717) is 17.1 Å². The van der Waals surface area contributed by atoms with Crippen LogP contribution in [0.15, 0.2) is 23.9 Å². The summed E-state index contributed by atoms with van der Waals surface area (Å²) in [5, 5.41) is 19.7. The van der Waals surface area contributed by atoms with Crippen molar-refractivity contribution in [2.45, 2.75) is 6.92 Å². The predicted octanol–water partition coefficient (Wildman–Crippen LogP) is 0.526. The largest absolute Gasteiger partial charge is 0.490 e. The van der Waals surface area contributed by atoms with Gasteiger partial charge in [0.1, 0.15) is 12.2 Å². The number of urea groups is 1. The smallest absolute Gasteiger partial charge is 0.341 e. The van der Waals surface area contributed by atoms with Crippen molar-refractivity contribution in [1.82, 2.24) is 10.2 Å². The number of hydrogen-bond acceptors (Lipinski definition) is 6. The maximum atomic E-state index is 12.1. The minimum absolute atomic E-state index is 0.0853. The van der Waals surface area contributed by atoms with Crippen LogP contribution in [0.4, 0.5) is 4.79 Å². The maximum absolute atomic E-state index is 12.1. The zero-order valence-corrected chi connectivity index (χ0v) is 13.7. The molecule has 3 N–H and O–H groups in total. The van der Waals surface area contributed by atoms with E-state index in [1.54, 1.807) is 6.92 Å². The second-order valence-corrected chi connectivity index (χ2v) is 5.09. The molecule has 0 aromatic heterocycles. The Morgan fingerprint density at radius 3 is 2.50 bits per heavy atom. The molecule has 138 valence electrons. The number of carbonyl (C=O) groups excluding carboxylic acids is 2. The van der Waals surface area contributed by atoms with Crippen molar-refractivity contribution < 1.29 is 38.9 Å². The van der Waals surface area contributed by atoms with Crippen LogP contribution in [0.3, 0.4) is 0 Å². The third-order valence-electron chi connectivity index (χ3n) is 3.19. The lowest BCUT2D eigenvalue weighted by molar-refractivity contribution is -0.140. The number of carboxylic acid groups (broad SMARTS) is 2. The highest BCUT2D eigenvalue weighted by molar-refractivity contribution is 6.15. The van der Waals surface area contributed by atoms with Crippen LogP contribution in [-0.4, -0.2) is 58.7 Å². The molecule has 2 rings (SSSR count). The average molecular weight is 364 g/mol. The van der Waals surface area contributed by atoms with Crippen LogP contribution in [-0.2, 0) is 14.4 Å². The number of aliphatic carboxylic acids is 2. The van der Waals surface area contributed by atoms with Crippen LogP contribution in [0.2, 0.25) is 0 Å². The molecule has 1 aromatic carbocycles. The Kier molecular flexibility index (Phi) is 5.78. The highest BCUT2D eigenvalue weighted by atomic mass is 16.5. The van der Waals surface area contributed by atoms with Gasteiger partial charge in [0.05, 0.1) is 6.61 Å². The molecule has 0 atom stereocenters. The normalized spacial score (nSPS) is 15.1. The van der Waals surface area contributed by atoms with Gasteiger partial charge in [-0.05, 0) is 30.7 Å². The molecule has 1 aliphatic rings. The minimum atomic E-state index is -1.31. The lowest BCUT2D eigenvalue weighted by Crippen LogP contribution is -2.35. The number of nitrogens with zero attached hydrogens (tertiary/aromatic N) is 1. The number of benzene rings is 1. The first-order valence-corrected chi connectivity index (χ1v) is 7.49. The highest BCUT2D eigenvalue weighted by Gasteiger charge is 2.34. The molecule has 3 amide bonds. The molecule has 0 unspecified atom stereocenters. The first-order chi connectivity index (χ1) is 12.3. The first kappa shape index (κ1) is 18.8. The Balaban J connectivity index is 2.25. The molecule has 0 aliphatic carbocycles. The Bertz CT molecular complexity index is 786. The van der Waals surface area contributed by atoms with Gasteiger partial charge in [-0.2, -0.15) is 0 Å². The third-order valence-corrected chi connectivity index (χ3v) is 3.19. The molecular weight excluding hydrogens is 348 g/mol. The maximum Gasteiger partial charge on any atom is 0.341 e. The predicted molar refractivity (Wildman–Crippen MR) is 86.6 cm³/mol. The molecule has 1 heterocycles. The van der Waals surface area contributed by atoms with Crippen LogP contribution in [0, 0.1) is 0 Å². The summed E-state index contributed by atoms with van der Waals surface area (Å²) in [4.78, 5) is 45.7. The summed E-state index contributed by atoms with van der Waals surface area (Å²) in [6.45, 7) is 0.746. The van der Waals surface area contributed by atoms with Gasteiger partial charge in [-0.15, -0.1) is 0 Å². The Labute approximate surface area is 147 Å². The minimum Gasteiger partial charge on any atom is -0.490 e. The van der Waals surface area contributed by atoms with Crippen molar-refractivity contribution in [1.29, 1.82) is 0 Å². The van der Waals surface area contributed by atoms with Crippen molar-refractivity contribution in [2.75, 3.05) is 19.8 Å². The summed E-state index contributed by atoms with van der Waals surface area (Å²) in [7, 11) is 0. The fraction of sp³-hybridized carbons (Fsp3) is 0.250. The summed E-state index contributed by atoms with van der Waals surface area (Å²) in [5.74, 6) is -2.74. The lowest BCUT2D eigenvalue weighted by Gasteiger charge is -2.11. The molecule has 10 nitrogen and oxygen atoms in total. The third kappa shape index (κ3) is 4.50. The number of amides is 3. The van der Waals surface area contributed by atoms with Crippen LogP contribution in [0.25, 0.3) is 6.08 Å². The number of rotatable bonds is 8. The van der Waals surface area contributed by atoms with E-state index in [-0.39, 0.29) is 17.2 Å². The standard InChI is InChI=1S/C16H16N2O8/c1-2-25-12-6-9(3-4-11(12)26-8-14(21)22)5-10-15(23)18(7-13(19)20)16(24)17-10/h3-6H,2,7-8H2,1H3,(H,17,24)(H,19,20)(H,21,22)/b10-5+. The molecular formula is C16H16N2O8. The summed E-state index contributed by atoms with van der Waals surface area (Å²) in [6.07, 6.45) is 1.35. The van der Waals surface area contributed by atoms with Gasteiger partial charge in [-0.25, -0.2) is 14.5 Å². The topological polar surface area (TPSA) is 142 Å². The molecule has 0 spiro atoms. The van der Waals surface area contributed by atoms with Crippen LogP contribution in [0.5, 0.6) is 11.5 Å². The van der Waals surface area contributed by atoms with Crippen LogP contribution < -0.4 is 14.8 Å². The van der Waals surface area contributed by atoms with Gasteiger partial charge < -0.3 is 25.0 Å². The van der Waals surface area contributed by atoms with E-state index >= 15 is 0 Å². The molecule has 1 fully saturated rings. The average Bonchev–Trinajstić information content (AvgIpc) is 2.81. The number of ether oxygens (including phenoxy) is 2. The van der Waals surface area contributed by atoms with E-state index in [0.717, 1.165) is 0 Å². The summed E-state index contributed by atoms with van der Waals surface area (Å²) in [6, 6.07) is 3.69. The SMILES string of the molecule is CCOc1cc(/C=C2/NC(=O)N(CC(=O)O)C2=O)ccc1OCC(=O)O. The van der Waals surface area contributed by atoms with Gasteiger partial charge in [0.15, 0.2) is 18.1 Å². The van der Waals surface area contributed by atoms with E-state index in [4.69, 9.17) is 19.7 Å². The second kappa shape index (κ2) is 8.01. The van der Waals surface area contributed by atoms with Gasteiger partial charge >= 0.3 is 18.0 Å². The van der Waals surface area contributed by atoms with E-state index in [9.17, 15) is 19.2 Å². The summed E-state index contributed by atoms with van der Waals surface area (Å²) >= 11 is 0. The summed E-state index contributed by atoms with van der Waals surface area (Å²) < 4.78 is 10.5. The van der Waals surface area contributed by atoms with Gasteiger partial charge in [0, 0.05) is 0 Å². The number of imide groups is 1. The summed E-state index contributed by atoms with van der Waals surface area (Å²) in [5.41, 5.74) is 0.384. The Hall–Kier alpha value is -3.56. The fourth-order valence-corrected chi connectivity index (χ4v) is 2.16. The van der Waals surface area contributed by atoms with Crippen molar-refractivity contribution in [3.63, 3.8) is 0 Å². The highest BCUT2D eigenvalue weighted by Crippen LogP contribution is 2.29. The van der Waals surface area contributed by atoms with E-state index in [1.165, 1.54) is 24.3 Å².